The van der Waals surface area contributed by atoms with Gasteiger partial charge in [-0.25, -0.2) is 8.72 Å². The van der Waals surface area contributed by atoms with Gasteiger partial charge >= 0.3 is 6.03 Å². The molecule has 2 aliphatic carbocycles. The number of rotatable bonds is 4. The second-order valence-electron chi connectivity index (χ2n) is 10.8. The highest BCUT2D eigenvalue weighted by atomic mass is 79.9. The number of hydrogen-bond acceptors (Lipinski definition) is 2. The normalized spacial score (nSPS) is 41.7. The molecule has 6 unspecified atom stereocenters. The van der Waals surface area contributed by atoms with Gasteiger partial charge in [0.2, 0.25) is 0 Å². The third-order valence-corrected chi connectivity index (χ3v) is 9.55. The summed E-state index contributed by atoms with van der Waals surface area (Å²) >= 11 is 9.93. The predicted molar refractivity (Wildman–Crippen MR) is 121 cm³/mol. The van der Waals surface area contributed by atoms with Gasteiger partial charge in [0.05, 0.1) is 16.1 Å². The summed E-state index contributed by atoms with van der Waals surface area (Å²) in [6.45, 7) is 13.6. The van der Waals surface area contributed by atoms with Crippen LogP contribution in [0.4, 0.5) is 4.79 Å². The maximum Gasteiger partial charge on any atom is 0.352 e. The van der Waals surface area contributed by atoms with E-state index < -0.39 is 11.6 Å². The van der Waals surface area contributed by atoms with E-state index in [1.165, 1.54) is 12.8 Å². The molecule has 1 heterocycles. The number of halogens is 2. The van der Waals surface area contributed by atoms with E-state index in [1.54, 1.807) is 3.93 Å². The molecule has 3 amide bonds. The molecule has 6 atom stereocenters. The van der Waals surface area contributed by atoms with Gasteiger partial charge in [0, 0.05) is 11.8 Å². The first-order valence-corrected chi connectivity index (χ1v) is 12.6. The minimum Gasteiger partial charge on any atom is -0.270 e. The third-order valence-electron chi connectivity index (χ3n) is 8.36. The minimum absolute atomic E-state index is 0.127. The maximum atomic E-state index is 13.9. The van der Waals surface area contributed by atoms with Crippen LogP contribution in [-0.2, 0) is 4.79 Å². The van der Waals surface area contributed by atoms with Gasteiger partial charge in [0.1, 0.15) is 5.54 Å². The van der Waals surface area contributed by atoms with Crippen LogP contribution in [0.5, 0.6) is 0 Å². The molecular formula is C23H38BrClN2O2. The second-order valence-corrected chi connectivity index (χ2v) is 11.9. The van der Waals surface area contributed by atoms with Crippen LogP contribution in [0.15, 0.2) is 0 Å². The number of nitrogens with zero attached hydrogens (tertiary/aromatic N) is 2. The van der Waals surface area contributed by atoms with Gasteiger partial charge in [-0.05, 0) is 73.0 Å². The largest absolute Gasteiger partial charge is 0.352 e. The average Bonchev–Trinajstić information content (AvgIpc) is 2.82. The van der Waals surface area contributed by atoms with Crippen LogP contribution in [0.2, 0.25) is 0 Å². The van der Waals surface area contributed by atoms with Crippen LogP contribution >= 0.6 is 27.9 Å². The molecule has 3 fully saturated rings. The van der Waals surface area contributed by atoms with E-state index in [9.17, 15) is 9.59 Å². The Morgan fingerprint density at radius 2 is 1.31 bits per heavy atom. The van der Waals surface area contributed by atoms with E-state index in [0.29, 0.717) is 35.5 Å². The molecule has 6 heteroatoms. The number of amides is 3. The van der Waals surface area contributed by atoms with E-state index >= 15 is 0 Å². The second kappa shape index (κ2) is 8.68. The molecule has 4 nitrogen and oxygen atoms in total. The molecule has 0 aromatic heterocycles. The van der Waals surface area contributed by atoms with E-state index in [0.717, 1.165) is 30.1 Å². The summed E-state index contributed by atoms with van der Waals surface area (Å²) in [5.41, 5.74) is -0.883. The zero-order chi connectivity index (χ0) is 21.7. The van der Waals surface area contributed by atoms with Crippen molar-refractivity contribution < 1.29 is 9.59 Å². The molecule has 0 N–H and O–H groups in total. The Labute approximate surface area is 190 Å². The van der Waals surface area contributed by atoms with Gasteiger partial charge in [-0.1, -0.05) is 54.4 Å². The van der Waals surface area contributed by atoms with Crippen LogP contribution in [0.25, 0.3) is 0 Å². The summed E-state index contributed by atoms with van der Waals surface area (Å²) in [4.78, 5) is 26.9. The summed E-state index contributed by atoms with van der Waals surface area (Å²) in [7, 11) is 0. The Hall–Kier alpha value is -0.290. The third kappa shape index (κ3) is 3.77. The summed E-state index contributed by atoms with van der Waals surface area (Å²) < 4.78 is 2.45. The monoisotopic (exact) mass is 488 g/mol. The van der Waals surface area contributed by atoms with Gasteiger partial charge < -0.3 is 0 Å². The van der Waals surface area contributed by atoms with Gasteiger partial charge in [-0.2, -0.15) is 4.42 Å². The van der Waals surface area contributed by atoms with Gasteiger partial charge in [0.15, 0.2) is 0 Å². The zero-order valence-corrected chi connectivity index (χ0v) is 21.2. The molecule has 166 valence electrons. The Bertz CT molecular complexity index is 608. The fourth-order valence-corrected chi connectivity index (χ4v) is 8.00. The summed E-state index contributed by atoms with van der Waals surface area (Å²) in [5, 5.41) is 0. The number of carbonyl (C=O) groups is 2. The van der Waals surface area contributed by atoms with Crippen molar-refractivity contribution >= 4 is 39.9 Å². The van der Waals surface area contributed by atoms with Crippen LogP contribution in [-0.4, -0.2) is 25.8 Å². The highest BCUT2D eigenvalue weighted by molar-refractivity contribution is 9.07. The van der Waals surface area contributed by atoms with Crippen molar-refractivity contribution in [1.82, 2.24) is 8.34 Å². The number of urea groups is 1. The Balaban J connectivity index is 2.19. The van der Waals surface area contributed by atoms with Crippen LogP contribution < -0.4 is 0 Å². The Morgan fingerprint density at radius 3 is 1.62 bits per heavy atom. The van der Waals surface area contributed by atoms with E-state index in [4.69, 9.17) is 11.8 Å². The molecule has 3 rings (SSSR count). The molecule has 0 aromatic rings. The zero-order valence-electron chi connectivity index (χ0n) is 18.8. The van der Waals surface area contributed by atoms with Crippen molar-refractivity contribution in [3.63, 3.8) is 0 Å². The van der Waals surface area contributed by atoms with Crippen molar-refractivity contribution in [1.29, 1.82) is 0 Å². The van der Waals surface area contributed by atoms with E-state index in [2.05, 4.69) is 57.7 Å². The molecule has 0 spiro atoms. The lowest BCUT2D eigenvalue weighted by molar-refractivity contribution is -0.143. The molecule has 29 heavy (non-hydrogen) atoms. The van der Waals surface area contributed by atoms with Gasteiger partial charge in [-0.3, -0.25) is 4.79 Å². The standard InChI is InChI=1S/C23H38BrClN2O2/c1-13(2)17-9-7-15(5)11-19(17)23(21(28)26(25)22(29)27(23)24)20-12-16(6)8-10-18(20)14(3)4/h13-20H,7-12H2,1-6H3. The molecule has 2 saturated carbocycles. The van der Waals surface area contributed by atoms with E-state index in [1.807, 2.05) is 0 Å². The first kappa shape index (κ1) is 23.4. The number of carbonyl (C=O) groups excluding carboxylic acids is 2. The SMILES string of the molecule is CC1CCC(C(C)C)C(C2(C3CC(C)CCC3C(C)C)C(=O)N(Cl)C(=O)N2Br)C1. The van der Waals surface area contributed by atoms with Crippen molar-refractivity contribution in [2.24, 2.45) is 47.3 Å². The highest BCUT2D eigenvalue weighted by Crippen LogP contribution is 2.58. The van der Waals surface area contributed by atoms with Crippen LogP contribution in [0.1, 0.15) is 80.1 Å². The van der Waals surface area contributed by atoms with Gasteiger partial charge in [0.25, 0.3) is 5.91 Å². The van der Waals surface area contributed by atoms with Crippen LogP contribution in [0, 0.1) is 47.3 Å². The number of hydrogen-bond donors (Lipinski definition) is 0. The van der Waals surface area contributed by atoms with Crippen molar-refractivity contribution in [3.05, 3.63) is 0 Å². The lowest BCUT2D eigenvalue weighted by Gasteiger charge is -2.55. The molecule has 0 radical (unpaired) electrons. The summed E-state index contributed by atoms with van der Waals surface area (Å²) in [6.07, 6.45) is 6.57. The fraction of sp³-hybridized carbons (Fsp3) is 0.913. The van der Waals surface area contributed by atoms with Crippen LogP contribution in [0.3, 0.4) is 0 Å². The molecule has 0 aromatic carbocycles. The van der Waals surface area contributed by atoms with Crippen molar-refractivity contribution in [2.75, 3.05) is 0 Å². The van der Waals surface area contributed by atoms with Crippen molar-refractivity contribution in [3.8, 4) is 0 Å². The minimum atomic E-state index is -0.883. The maximum absolute atomic E-state index is 13.9. The molecule has 1 saturated heterocycles. The molecular weight excluding hydrogens is 452 g/mol. The quantitative estimate of drug-likeness (QED) is 0.319. The lowest BCUT2D eigenvalue weighted by Crippen LogP contribution is -2.63. The number of imide groups is 1. The molecule has 1 aliphatic heterocycles. The first-order valence-electron chi connectivity index (χ1n) is 11.5. The van der Waals surface area contributed by atoms with Crippen molar-refractivity contribution in [2.45, 2.75) is 85.6 Å². The predicted octanol–water partition coefficient (Wildman–Crippen LogP) is 6.87. The van der Waals surface area contributed by atoms with Gasteiger partial charge in [-0.15, -0.1) is 0 Å². The summed E-state index contributed by atoms with van der Waals surface area (Å²) in [6, 6.07) is -0.418. The topological polar surface area (TPSA) is 40.6 Å². The Kier molecular flexibility index (Phi) is 7.00. The summed E-state index contributed by atoms with van der Waals surface area (Å²) in [5.74, 6) is 2.93. The lowest BCUT2D eigenvalue weighted by atomic mass is 9.53. The highest BCUT2D eigenvalue weighted by Gasteiger charge is 2.68. The van der Waals surface area contributed by atoms with E-state index in [-0.39, 0.29) is 17.7 Å². The smallest absolute Gasteiger partial charge is 0.270 e. The molecule has 3 aliphatic rings. The first-order chi connectivity index (χ1) is 13.5. The fourth-order valence-electron chi connectivity index (χ4n) is 6.86. The molecule has 0 bridgehead atoms. The average molecular weight is 490 g/mol. The Morgan fingerprint density at radius 1 is 0.897 bits per heavy atom.